The Labute approximate surface area is 174 Å². The van der Waals surface area contributed by atoms with Crippen LogP contribution in [0.1, 0.15) is 49.1 Å². The average Bonchev–Trinajstić information content (AvgIpc) is 3.04. The van der Waals surface area contributed by atoms with Gasteiger partial charge in [-0.05, 0) is 75.8 Å². The van der Waals surface area contributed by atoms with Gasteiger partial charge < -0.3 is 18.9 Å². The molecule has 2 rings (SSSR count). The number of aromatic nitrogens is 2. The Morgan fingerprint density at radius 3 is 2.55 bits per heavy atom. The minimum absolute atomic E-state index is 0.608. The number of unbranched alkanes of at least 4 members (excludes halogenated alkanes) is 1. The Kier molecular flexibility index (Phi) is 8.77. The second kappa shape index (κ2) is 11.3. The van der Waals surface area contributed by atoms with Crippen molar-refractivity contribution in [1.82, 2.24) is 9.55 Å². The van der Waals surface area contributed by atoms with Gasteiger partial charge in [-0.2, -0.15) is 0 Å². The molecule has 0 N–H and O–H groups in total. The van der Waals surface area contributed by atoms with Gasteiger partial charge in [0.1, 0.15) is 30.9 Å². The number of rotatable bonds is 11. The van der Waals surface area contributed by atoms with E-state index >= 15 is 0 Å². The van der Waals surface area contributed by atoms with Crippen LogP contribution >= 0.6 is 0 Å². The van der Waals surface area contributed by atoms with E-state index in [1.54, 1.807) is 6.33 Å². The van der Waals surface area contributed by atoms with Gasteiger partial charge in [-0.1, -0.05) is 17.3 Å². The zero-order valence-electron chi connectivity index (χ0n) is 18.5. The molecular formula is C23H33N3O3. The van der Waals surface area contributed by atoms with Crippen molar-refractivity contribution in [2.24, 2.45) is 12.2 Å². The summed E-state index contributed by atoms with van der Waals surface area (Å²) in [5.41, 5.74) is 5.37. The van der Waals surface area contributed by atoms with Gasteiger partial charge >= 0.3 is 0 Å². The summed E-state index contributed by atoms with van der Waals surface area (Å²) in [6.07, 6.45) is 8.78. The normalized spacial score (nSPS) is 11.9. The largest absolute Gasteiger partial charge is 0.490 e. The third kappa shape index (κ3) is 6.38. The number of nitrogens with zero attached hydrogens (tertiary/aromatic N) is 3. The van der Waals surface area contributed by atoms with E-state index in [0.29, 0.717) is 18.9 Å². The van der Waals surface area contributed by atoms with Gasteiger partial charge in [0.2, 0.25) is 5.88 Å². The van der Waals surface area contributed by atoms with Crippen molar-refractivity contribution in [1.29, 1.82) is 0 Å². The summed E-state index contributed by atoms with van der Waals surface area (Å²) in [6.45, 7) is 9.40. The maximum absolute atomic E-state index is 5.99. The van der Waals surface area contributed by atoms with Crippen molar-refractivity contribution in [3.8, 4) is 11.6 Å². The van der Waals surface area contributed by atoms with E-state index in [4.69, 9.17) is 14.3 Å². The summed E-state index contributed by atoms with van der Waals surface area (Å²) in [5.74, 6) is 1.65. The van der Waals surface area contributed by atoms with Gasteiger partial charge in [0.15, 0.2) is 0 Å². The van der Waals surface area contributed by atoms with E-state index in [2.05, 4.69) is 36.1 Å². The first-order chi connectivity index (χ1) is 14.0. The lowest BCUT2D eigenvalue weighted by molar-refractivity contribution is 0.213. The Balaban J connectivity index is 1.87. The second-order valence-corrected chi connectivity index (χ2v) is 7.09. The Hall–Kier alpha value is -2.76. The zero-order chi connectivity index (χ0) is 21.2. The fourth-order valence-corrected chi connectivity index (χ4v) is 3.26. The molecule has 0 spiro atoms. The Morgan fingerprint density at radius 1 is 1.17 bits per heavy atom. The molecule has 0 aliphatic carbocycles. The molecule has 2 aromatic rings. The monoisotopic (exact) mass is 399 g/mol. The van der Waals surface area contributed by atoms with Crippen LogP contribution in [0.15, 0.2) is 35.8 Å². The highest BCUT2D eigenvalue weighted by Crippen LogP contribution is 2.24. The minimum atomic E-state index is 0.608. The van der Waals surface area contributed by atoms with Crippen LogP contribution in [0.25, 0.3) is 0 Å². The Bertz CT molecular complexity index is 830. The van der Waals surface area contributed by atoms with E-state index < -0.39 is 0 Å². The maximum Gasteiger partial charge on any atom is 0.223 e. The fourth-order valence-electron chi connectivity index (χ4n) is 3.26. The summed E-state index contributed by atoms with van der Waals surface area (Å²) in [7, 11) is 3.44. The lowest BCUT2D eigenvalue weighted by Crippen LogP contribution is -2.07. The molecule has 6 heteroatoms. The molecule has 0 unspecified atom stereocenters. The van der Waals surface area contributed by atoms with Crippen molar-refractivity contribution in [3.63, 3.8) is 0 Å². The highest BCUT2D eigenvalue weighted by Gasteiger charge is 2.14. The van der Waals surface area contributed by atoms with Gasteiger partial charge in [0.05, 0.1) is 12.9 Å². The standard InChI is InChI=1S/C23H33N3O3/c1-7-8-12-28-20-14-17(2)21(18(3)15-20)11-9-10-13-29-23-22(19(4)25-27-6)24-16-26(23)5/h7-8,14-16H,9-13H2,1-6H3/b8-7+,25-19+. The molecule has 0 radical (unpaired) electrons. The number of imidazole rings is 1. The van der Waals surface area contributed by atoms with Crippen LogP contribution in [0.2, 0.25) is 0 Å². The third-order valence-electron chi connectivity index (χ3n) is 4.77. The molecule has 0 aliphatic heterocycles. The first-order valence-corrected chi connectivity index (χ1v) is 10.0. The number of benzene rings is 1. The summed E-state index contributed by atoms with van der Waals surface area (Å²) >= 11 is 0. The predicted octanol–water partition coefficient (Wildman–Crippen LogP) is 4.76. The second-order valence-electron chi connectivity index (χ2n) is 7.09. The molecule has 6 nitrogen and oxygen atoms in total. The van der Waals surface area contributed by atoms with Gasteiger partial charge in [-0.25, -0.2) is 4.98 Å². The van der Waals surface area contributed by atoms with Crippen LogP contribution in [0.3, 0.4) is 0 Å². The van der Waals surface area contributed by atoms with Crippen LogP contribution in [0.4, 0.5) is 0 Å². The highest BCUT2D eigenvalue weighted by molar-refractivity contribution is 5.98. The SMILES string of the molecule is C/C=C/COc1cc(C)c(CCCCOc2c(/C(C)=N/OC)ncn2C)c(C)c1. The smallest absolute Gasteiger partial charge is 0.223 e. The number of hydrogen-bond donors (Lipinski definition) is 0. The molecule has 1 heterocycles. The highest BCUT2D eigenvalue weighted by atomic mass is 16.6. The number of oxime groups is 1. The maximum atomic E-state index is 5.99. The number of aryl methyl sites for hydroxylation is 3. The molecule has 0 atom stereocenters. The van der Waals surface area contributed by atoms with Crippen molar-refractivity contribution in [2.75, 3.05) is 20.3 Å². The molecule has 0 fully saturated rings. The third-order valence-corrected chi connectivity index (χ3v) is 4.77. The first-order valence-electron chi connectivity index (χ1n) is 10.0. The fraction of sp³-hybridized carbons (Fsp3) is 0.478. The quantitative estimate of drug-likeness (QED) is 0.236. The number of hydrogen-bond acceptors (Lipinski definition) is 5. The molecular weight excluding hydrogens is 366 g/mol. The molecule has 0 aliphatic rings. The summed E-state index contributed by atoms with van der Waals surface area (Å²) in [5, 5.41) is 3.95. The predicted molar refractivity (Wildman–Crippen MR) is 117 cm³/mol. The molecule has 1 aromatic carbocycles. The van der Waals surface area contributed by atoms with Gasteiger partial charge in [0, 0.05) is 7.05 Å². The summed E-state index contributed by atoms with van der Waals surface area (Å²) in [6, 6.07) is 4.25. The molecule has 29 heavy (non-hydrogen) atoms. The molecule has 0 amide bonds. The van der Waals surface area contributed by atoms with E-state index in [1.807, 2.05) is 37.6 Å². The van der Waals surface area contributed by atoms with Crippen LogP contribution in [-0.2, 0) is 18.3 Å². The van der Waals surface area contributed by atoms with Gasteiger partial charge in [-0.3, -0.25) is 0 Å². The molecule has 158 valence electrons. The van der Waals surface area contributed by atoms with Crippen LogP contribution < -0.4 is 9.47 Å². The molecule has 1 aromatic heterocycles. The minimum Gasteiger partial charge on any atom is -0.490 e. The van der Waals surface area contributed by atoms with E-state index in [1.165, 1.54) is 23.8 Å². The zero-order valence-corrected chi connectivity index (χ0v) is 18.5. The lowest BCUT2D eigenvalue weighted by atomic mass is 9.97. The molecule has 0 bridgehead atoms. The van der Waals surface area contributed by atoms with Crippen LogP contribution in [0.5, 0.6) is 11.6 Å². The van der Waals surface area contributed by atoms with E-state index in [-0.39, 0.29) is 0 Å². The Morgan fingerprint density at radius 2 is 1.90 bits per heavy atom. The van der Waals surface area contributed by atoms with Crippen LogP contribution in [0, 0.1) is 13.8 Å². The van der Waals surface area contributed by atoms with Crippen molar-refractivity contribution >= 4 is 5.71 Å². The van der Waals surface area contributed by atoms with Crippen molar-refractivity contribution in [2.45, 2.75) is 47.0 Å². The molecule has 0 saturated heterocycles. The summed E-state index contributed by atoms with van der Waals surface area (Å²) < 4.78 is 13.6. The number of ether oxygens (including phenoxy) is 2. The number of allylic oxidation sites excluding steroid dienone is 1. The summed E-state index contributed by atoms with van der Waals surface area (Å²) in [4.78, 5) is 9.19. The van der Waals surface area contributed by atoms with Crippen LogP contribution in [-0.4, -0.2) is 35.6 Å². The van der Waals surface area contributed by atoms with Gasteiger partial charge in [0.25, 0.3) is 0 Å². The van der Waals surface area contributed by atoms with E-state index in [0.717, 1.165) is 36.6 Å². The van der Waals surface area contributed by atoms with Crippen molar-refractivity contribution in [3.05, 3.63) is 53.0 Å². The molecule has 0 saturated carbocycles. The topological polar surface area (TPSA) is 57.9 Å². The first kappa shape index (κ1) is 22.5. The van der Waals surface area contributed by atoms with Crippen molar-refractivity contribution < 1.29 is 14.3 Å². The average molecular weight is 400 g/mol. The van der Waals surface area contributed by atoms with E-state index in [9.17, 15) is 0 Å². The lowest BCUT2D eigenvalue weighted by Gasteiger charge is -2.13. The van der Waals surface area contributed by atoms with Gasteiger partial charge in [-0.15, -0.1) is 0 Å².